The predicted molar refractivity (Wildman–Crippen MR) is 111 cm³/mol. The average molecular weight is 398 g/mol. The van der Waals surface area contributed by atoms with Crippen molar-refractivity contribution >= 4 is 32.5 Å². The number of benzene rings is 2. The second-order valence-electron chi connectivity index (χ2n) is 6.73. The first-order valence-corrected chi connectivity index (χ1v) is 10.4. The molecule has 0 aliphatic carbocycles. The fourth-order valence-electron chi connectivity index (χ4n) is 3.27. The topological polar surface area (TPSA) is 88.2 Å². The third kappa shape index (κ3) is 3.90. The standard InChI is InChI=1S/C21H23N3O3S/c1-13-9-10-16(11-20(13)28(26,27)22-4)24-21(25)12-18-14(2)17-7-5-6-8-19(17)23-15(18)3/h5-11,22H,12H2,1-4H3,(H,24,25). The van der Waals surface area contributed by atoms with E-state index < -0.39 is 10.0 Å². The largest absolute Gasteiger partial charge is 0.326 e. The number of aryl methyl sites for hydroxylation is 3. The lowest BCUT2D eigenvalue weighted by Gasteiger charge is -2.13. The third-order valence-electron chi connectivity index (χ3n) is 4.85. The summed E-state index contributed by atoms with van der Waals surface area (Å²) in [4.78, 5) is 17.4. The van der Waals surface area contributed by atoms with Gasteiger partial charge in [0.25, 0.3) is 0 Å². The summed E-state index contributed by atoms with van der Waals surface area (Å²) in [7, 11) is -2.24. The van der Waals surface area contributed by atoms with Gasteiger partial charge in [-0.15, -0.1) is 0 Å². The van der Waals surface area contributed by atoms with E-state index in [-0.39, 0.29) is 17.2 Å². The number of nitrogens with zero attached hydrogens (tertiary/aromatic N) is 1. The summed E-state index contributed by atoms with van der Waals surface area (Å²) in [5.74, 6) is -0.222. The van der Waals surface area contributed by atoms with E-state index in [0.717, 1.165) is 27.7 Å². The van der Waals surface area contributed by atoms with Crippen molar-refractivity contribution in [2.45, 2.75) is 32.1 Å². The van der Waals surface area contributed by atoms with Crippen LogP contribution >= 0.6 is 0 Å². The van der Waals surface area contributed by atoms with Crippen molar-refractivity contribution in [1.82, 2.24) is 9.71 Å². The van der Waals surface area contributed by atoms with Crippen LogP contribution in [-0.2, 0) is 21.2 Å². The molecule has 28 heavy (non-hydrogen) atoms. The number of aromatic nitrogens is 1. The van der Waals surface area contributed by atoms with Gasteiger partial charge < -0.3 is 5.32 Å². The monoisotopic (exact) mass is 397 g/mol. The Morgan fingerprint density at radius 3 is 2.50 bits per heavy atom. The highest BCUT2D eigenvalue weighted by Gasteiger charge is 2.17. The number of rotatable bonds is 5. The quantitative estimate of drug-likeness (QED) is 0.692. The lowest BCUT2D eigenvalue weighted by Crippen LogP contribution is -2.21. The lowest BCUT2D eigenvalue weighted by atomic mass is 9.99. The Bertz CT molecular complexity index is 1170. The molecule has 2 aromatic carbocycles. The van der Waals surface area contributed by atoms with Gasteiger partial charge in [-0.1, -0.05) is 24.3 Å². The Kier molecular flexibility index (Phi) is 5.49. The molecule has 3 aromatic rings. The molecule has 0 unspecified atom stereocenters. The maximum Gasteiger partial charge on any atom is 0.240 e. The van der Waals surface area contributed by atoms with Crippen molar-refractivity contribution in [2.75, 3.05) is 12.4 Å². The third-order valence-corrected chi connectivity index (χ3v) is 6.41. The molecule has 7 heteroatoms. The van der Waals surface area contributed by atoms with Gasteiger partial charge in [0.2, 0.25) is 15.9 Å². The normalized spacial score (nSPS) is 11.6. The average Bonchev–Trinajstić information content (AvgIpc) is 2.66. The number of nitrogens with one attached hydrogen (secondary N) is 2. The zero-order valence-corrected chi connectivity index (χ0v) is 17.1. The molecule has 0 aliphatic rings. The molecule has 1 amide bonds. The van der Waals surface area contributed by atoms with E-state index >= 15 is 0 Å². The van der Waals surface area contributed by atoms with Crippen LogP contribution in [0.2, 0.25) is 0 Å². The maximum atomic E-state index is 12.6. The van der Waals surface area contributed by atoms with E-state index in [4.69, 9.17) is 0 Å². The molecule has 0 radical (unpaired) electrons. The molecule has 0 saturated carbocycles. The Hall–Kier alpha value is -2.77. The van der Waals surface area contributed by atoms with Gasteiger partial charge in [-0.2, -0.15) is 0 Å². The van der Waals surface area contributed by atoms with Crippen LogP contribution in [0.3, 0.4) is 0 Å². The van der Waals surface area contributed by atoms with Crippen LogP contribution in [-0.4, -0.2) is 26.4 Å². The number of hydrogen-bond donors (Lipinski definition) is 2. The van der Waals surface area contributed by atoms with Crippen molar-refractivity contribution in [2.24, 2.45) is 0 Å². The minimum atomic E-state index is -3.60. The highest BCUT2D eigenvalue weighted by molar-refractivity contribution is 7.89. The molecule has 0 atom stereocenters. The van der Waals surface area contributed by atoms with Crippen molar-refractivity contribution < 1.29 is 13.2 Å². The Morgan fingerprint density at radius 1 is 1.07 bits per heavy atom. The maximum absolute atomic E-state index is 12.6. The van der Waals surface area contributed by atoms with Crippen LogP contribution in [0.4, 0.5) is 5.69 Å². The molecule has 3 rings (SSSR count). The molecule has 0 bridgehead atoms. The van der Waals surface area contributed by atoms with E-state index in [0.29, 0.717) is 11.3 Å². The van der Waals surface area contributed by atoms with E-state index in [1.807, 2.05) is 38.1 Å². The van der Waals surface area contributed by atoms with Crippen molar-refractivity contribution in [1.29, 1.82) is 0 Å². The Morgan fingerprint density at radius 2 is 1.79 bits per heavy atom. The smallest absolute Gasteiger partial charge is 0.240 e. The van der Waals surface area contributed by atoms with E-state index in [1.165, 1.54) is 13.1 Å². The molecule has 0 saturated heterocycles. The van der Waals surface area contributed by atoms with E-state index in [9.17, 15) is 13.2 Å². The predicted octanol–water partition coefficient (Wildman–Crippen LogP) is 3.25. The van der Waals surface area contributed by atoms with Crippen molar-refractivity contribution in [3.8, 4) is 0 Å². The Labute approximate surface area is 165 Å². The summed E-state index contributed by atoms with van der Waals surface area (Å²) >= 11 is 0. The number of anilines is 1. The molecule has 0 aliphatic heterocycles. The van der Waals surface area contributed by atoms with Gasteiger partial charge in [-0.25, -0.2) is 13.1 Å². The van der Waals surface area contributed by atoms with Crippen LogP contribution in [0, 0.1) is 20.8 Å². The van der Waals surface area contributed by atoms with Gasteiger partial charge in [0.15, 0.2) is 0 Å². The van der Waals surface area contributed by atoms with Crippen LogP contribution in [0.1, 0.15) is 22.4 Å². The van der Waals surface area contributed by atoms with Crippen LogP contribution in [0.5, 0.6) is 0 Å². The van der Waals surface area contributed by atoms with Gasteiger partial charge in [0, 0.05) is 16.8 Å². The zero-order chi connectivity index (χ0) is 20.5. The highest BCUT2D eigenvalue weighted by atomic mass is 32.2. The minimum Gasteiger partial charge on any atom is -0.326 e. The number of fused-ring (bicyclic) bond motifs is 1. The number of carbonyl (C=O) groups excluding carboxylic acids is 1. The second kappa shape index (κ2) is 7.69. The fourth-order valence-corrected chi connectivity index (χ4v) is 4.27. The zero-order valence-electron chi connectivity index (χ0n) is 16.3. The van der Waals surface area contributed by atoms with Gasteiger partial charge in [0.1, 0.15) is 0 Å². The van der Waals surface area contributed by atoms with E-state index in [1.54, 1.807) is 19.1 Å². The number of para-hydroxylation sites is 1. The van der Waals surface area contributed by atoms with Crippen LogP contribution in [0.25, 0.3) is 10.9 Å². The SMILES string of the molecule is CNS(=O)(=O)c1cc(NC(=O)Cc2c(C)nc3ccccc3c2C)ccc1C. The first-order valence-electron chi connectivity index (χ1n) is 8.92. The summed E-state index contributed by atoms with van der Waals surface area (Å²) in [5.41, 5.74) is 4.68. The summed E-state index contributed by atoms with van der Waals surface area (Å²) < 4.78 is 26.6. The molecule has 0 fully saturated rings. The molecule has 6 nitrogen and oxygen atoms in total. The van der Waals surface area contributed by atoms with Crippen molar-refractivity contribution in [3.63, 3.8) is 0 Å². The van der Waals surface area contributed by atoms with Gasteiger partial charge in [0.05, 0.1) is 16.8 Å². The van der Waals surface area contributed by atoms with Gasteiger partial charge >= 0.3 is 0 Å². The minimum absolute atomic E-state index is 0.146. The summed E-state index contributed by atoms with van der Waals surface area (Å²) in [6.07, 6.45) is 0.164. The van der Waals surface area contributed by atoms with Gasteiger partial charge in [-0.3, -0.25) is 9.78 Å². The molecule has 1 heterocycles. The summed E-state index contributed by atoms with van der Waals surface area (Å²) in [6.45, 7) is 5.60. The molecule has 1 aromatic heterocycles. The Balaban J connectivity index is 1.88. The second-order valence-corrected chi connectivity index (χ2v) is 8.59. The molecule has 0 spiro atoms. The number of carbonyl (C=O) groups is 1. The van der Waals surface area contributed by atoms with Gasteiger partial charge in [-0.05, 0) is 62.7 Å². The number of hydrogen-bond acceptors (Lipinski definition) is 4. The van der Waals surface area contributed by atoms with Crippen LogP contribution in [0.15, 0.2) is 47.4 Å². The summed E-state index contributed by atoms with van der Waals surface area (Å²) in [6, 6.07) is 12.7. The summed E-state index contributed by atoms with van der Waals surface area (Å²) in [5, 5.41) is 3.82. The lowest BCUT2D eigenvalue weighted by molar-refractivity contribution is -0.115. The fraction of sp³-hybridized carbons (Fsp3) is 0.238. The van der Waals surface area contributed by atoms with Crippen LogP contribution < -0.4 is 10.0 Å². The number of sulfonamides is 1. The molecular weight excluding hydrogens is 374 g/mol. The first-order chi connectivity index (χ1) is 13.2. The number of pyridine rings is 1. The van der Waals surface area contributed by atoms with Crippen molar-refractivity contribution in [3.05, 3.63) is 64.8 Å². The van der Waals surface area contributed by atoms with E-state index in [2.05, 4.69) is 15.0 Å². The molecular formula is C21H23N3O3S. The molecule has 146 valence electrons. The molecule has 2 N–H and O–H groups in total. The first kappa shape index (κ1) is 20.0. The highest BCUT2D eigenvalue weighted by Crippen LogP contribution is 2.24. The number of amides is 1.